The Balaban J connectivity index is 1.44. The smallest absolute Gasteiger partial charge is 0.265 e. The van der Waals surface area contributed by atoms with Gasteiger partial charge in [-0.2, -0.15) is 5.10 Å². The van der Waals surface area contributed by atoms with Crippen LogP contribution in [-0.4, -0.2) is 31.8 Å². The van der Waals surface area contributed by atoms with Crippen LogP contribution in [0.4, 0.5) is 8.78 Å². The van der Waals surface area contributed by atoms with Gasteiger partial charge in [0.1, 0.15) is 5.69 Å². The van der Waals surface area contributed by atoms with Crippen molar-refractivity contribution in [3.63, 3.8) is 0 Å². The topological polar surface area (TPSA) is 68.0 Å². The minimum Gasteiger partial charge on any atom is -0.393 e. The van der Waals surface area contributed by atoms with Gasteiger partial charge in [0.05, 0.1) is 11.8 Å². The predicted molar refractivity (Wildman–Crippen MR) is 117 cm³/mol. The number of rotatable bonds is 9. The van der Waals surface area contributed by atoms with Crippen molar-refractivity contribution >= 4 is 5.78 Å². The highest BCUT2D eigenvalue weighted by atomic mass is 19.3. The van der Waals surface area contributed by atoms with E-state index in [2.05, 4.69) is 10.1 Å². The highest BCUT2D eigenvalue weighted by Crippen LogP contribution is 2.30. The van der Waals surface area contributed by atoms with Crippen LogP contribution >= 0.6 is 0 Å². The van der Waals surface area contributed by atoms with Gasteiger partial charge in [0, 0.05) is 30.6 Å². The number of halogens is 2. The second-order valence-corrected chi connectivity index (χ2v) is 8.44. The quantitative estimate of drug-likeness (QED) is 0.459. The van der Waals surface area contributed by atoms with Crippen molar-refractivity contribution in [2.45, 2.75) is 57.5 Å². The number of nitrogens with zero attached hydrogens (tertiary/aromatic N) is 3. The molecule has 0 aliphatic heterocycles. The maximum absolute atomic E-state index is 13.6. The Kier molecular flexibility index (Phi) is 7.05. The zero-order valence-corrected chi connectivity index (χ0v) is 17.8. The number of hydrogen-bond acceptors (Lipinski definition) is 4. The Bertz CT molecular complexity index is 1040. The predicted octanol–water partition coefficient (Wildman–Crippen LogP) is 5.31. The van der Waals surface area contributed by atoms with Gasteiger partial charge in [-0.05, 0) is 73.4 Å². The number of aromatic nitrogens is 3. The zero-order valence-electron chi connectivity index (χ0n) is 17.8. The Morgan fingerprint density at radius 2 is 2.03 bits per heavy atom. The first kappa shape index (κ1) is 22.3. The van der Waals surface area contributed by atoms with Gasteiger partial charge in [-0.15, -0.1) is 0 Å². The first-order chi connectivity index (χ1) is 15.5. The number of pyridine rings is 1. The normalized spacial score (nSPS) is 18.4. The van der Waals surface area contributed by atoms with Crippen LogP contribution in [0.25, 0.3) is 5.69 Å². The average Bonchev–Trinajstić information content (AvgIpc) is 3.46. The summed E-state index contributed by atoms with van der Waals surface area (Å²) in [7, 11) is 0. The molecule has 1 saturated carbocycles. The second-order valence-electron chi connectivity index (χ2n) is 8.44. The van der Waals surface area contributed by atoms with Gasteiger partial charge >= 0.3 is 0 Å². The van der Waals surface area contributed by atoms with Crippen molar-refractivity contribution in [3.05, 3.63) is 77.4 Å². The van der Waals surface area contributed by atoms with Crippen molar-refractivity contribution in [2.24, 2.45) is 5.92 Å². The van der Waals surface area contributed by atoms with Crippen LogP contribution in [0, 0.1) is 5.92 Å². The standard InChI is InChI=1S/C25H27F2N3O2/c26-25(27)21-16-28-22(24(32)7-2-5-18-4-1-6-23(18)31)15-19(21)14-17-8-10-20(11-9-17)30-13-3-12-29-30/h3,8-13,15-16,18,23,25,31H,1-2,4-7,14H2/t18-,23+/m1/s1. The number of hydrogen-bond donors (Lipinski definition) is 1. The van der Waals surface area contributed by atoms with E-state index < -0.39 is 6.43 Å². The first-order valence-corrected chi connectivity index (χ1v) is 11.1. The third-order valence-corrected chi connectivity index (χ3v) is 6.24. The Labute approximate surface area is 186 Å². The Morgan fingerprint density at radius 3 is 2.69 bits per heavy atom. The van der Waals surface area contributed by atoms with E-state index in [1.54, 1.807) is 10.9 Å². The van der Waals surface area contributed by atoms with Gasteiger partial charge in [-0.3, -0.25) is 9.78 Å². The van der Waals surface area contributed by atoms with Crippen molar-refractivity contribution < 1.29 is 18.7 Å². The molecule has 0 saturated heterocycles. The summed E-state index contributed by atoms with van der Waals surface area (Å²) < 4.78 is 28.9. The molecule has 2 atom stereocenters. The maximum atomic E-state index is 13.6. The van der Waals surface area contributed by atoms with Crippen molar-refractivity contribution in [2.75, 3.05) is 0 Å². The minimum absolute atomic E-state index is 0.145. The molecule has 0 spiro atoms. The van der Waals surface area contributed by atoms with E-state index in [1.807, 2.05) is 36.5 Å². The lowest BCUT2D eigenvalue weighted by Crippen LogP contribution is -2.13. The maximum Gasteiger partial charge on any atom is 0.265 e. The summed E-state index contributed by atoms with van der Waals surface area (Å²) in [5.74, 6) is 0.117. The first-order valence-electron chi connectivity index (χ1n) is 11.1. The van der Waals surface area contributed by atoms with E-state index in [9.17, 15) is 18.7 Å². The number of Topliss-reactive ketones (excluding diaryl/α,β-unsaturated/α-hetero) is 1. The lowest BCUT2D eigenvalue weighted by molar-refractivity contribution is 0.0957. The number of alkyl halides is 2. The highest BCUT2D eigenvalue weighted by molar-refractivity contribution is 5.94. The molecule has 0 unspecified atom stereocenters. The van der Waals surface area contributed by atoms with Crippen LogP contribution in [0.1, 0.15) is 72.1 Å². The summed E-state index contributed by atoms with van der Waals surface area (Å²) in [6.07, 6.45) is 6.66. The van der Waals surface area contributed by atoms with E-state index in [-0.39, 0.29) is 35.5 Å². The summed E-state index contributed by atoms with van der Waals surface area (Å²) in [5, 5.41) is 14.1. The van der Waals surface area contributed by atoms with E-state index in [0.29, 0.717) is 18.4 Å². The van der Waals surface area contributed by atoms with Crippen molar-refractivity contribution in [1.29, 1.82) is 0 Å². The van der Waals surface area contributed by atoms with Crippen LogP contribution in [-0.2, 0) is 6.42 Å². The molecule has 0 radical (unpaired) electrons. The minimum atomic E-state index is -2.66. The Hall–Kier alpha value is -2.93. The molecular formula is C25H27F2N3O2. The lowest BCUT2D eigenvalue weighted by Gasteiger charge is -2.14. The third kappa shape index (κ3) is 5.27. The number of aliphatic hydroxyl groups excluding tert-OH is 1. The SMILES string of the molecule is O=C(CCC[C@H]1CCC[C@@H]1O)c1cc(Cc2ccc(-n3cccn3)cc2)c(C(F)F)cn1. The monoisotopic (exact) mass is 439 g/mol. The van der Waals surface area contributed by atoms with Gasteiger partial charge in [-0.1, -0.05) is 18.6 Å². The molecule has 4 rings (SSSR count). The average molecular weight is 440 g/mol. The molecule has 0 bridgehead atoms. The number of benzene rings is 1. The molecular weight excluding hydrogens is 412 g/mol. The van der Waals surface area contributed by atoms with E-state index in [1.165, 1.54) is 6.07 Å². The van der Waals surface area contributed by atoms with Gasteiger partial charge in [0.15, 0.2) is 5.78 Å². The van der Waals surface area contributed by atoms with Gasteiger partial charge in [0.25, 0.3) is 6.43 Å². The highest BCUT2D eigenvalue weighted by Gasteiger charge is 2.25. The van der Waals surface area contributed by atoms with Crippen LogP contribution in [0.3, 0.4) is 0 Å². The molecule has 0 amide bonds. The van der Waals surface area contributed by atoms with Crippen LogP contribution in [0.5, 0.6) is 0 Å². The molecule has 7 heteroatoms. The fourth-order valence-corrected chi connectivity index (χ4v) is 4.42. The fraction of sp³-hybridized carbons (Fsp3) is 0.400. The van der Waals surface area contributed by atoms with Crippen LogP contribution < -0.4 is 0 Å². The molecule has 1 aliphatic rings. The van der Waals surface area contributed by atoms with E-state index in [0.717, 1.165) is 43.1 Å². The fourth-order valence-electron chi connectivity index (χ4n) is 4.42. The summed E-state index contributed by atoms with van der Waals surface area (Å²) >= 11 is 0. The molecule has 1 N–H and O–H groups in total. The number of carbonyl (C=O) groups is 1. The molecule has 3 aromatic rings. The van der Waals surface area contributed by atoms with Gasteiger partial charge in [0.2, 0.25) is 0 Å². The third-order valence-electron chi connectivity index (χ3n) is 6.24. The van der Waals surface area contributed by atoms with Crippen molar-refractivity contribution in [3.8, 4) is 5.69 Å². The number of aliphatic hydroxyl groups is 1. The molecule has 32 heavy (non-hydrogen) atoms. The molecule has 168 valence electrons. The molecule has 2 heterocycles. The van der Waals surface area contributed by atoms with Crippen LogP contribution in [0.2, 0.25) is 0 Å². The van der Waals surface area contributed by atoms with Gasteiger partial charge in [-0.25, -0.2) is 13.5 Å². The summed E-state index contributed by atoms with van der Waals surface area (Å²) in [4.78, 5) is 16.7. The lowest BCUT2D eigenvalue weighted by atomic mass is 9.96. The largest absolute Gasteiger partial charge is 0.393 e. The summed E-state index contributed by atoms with van der Waals surface area (Å²) in [6, 6.07) is 10.9. The zero-order chi connectivity index (χ0) is 22.5. The summed E-state index contributed by atoms with van der Waals surface area (Å²) in [5.41, 5.74) is 2.24. The van der Waals surface area contributed by atoms with Crippen LogP contribution in [0.15, 0.2) is 55.0 Å². The van der Waals surface area contributed by atoms with Crippen molar-refractivity contribution in [1.82, 2.24) is 14.8 Å². The molecule has 5 nitrogen and oxygen atoms in total. The molecule has 1 aromatic carbocycles. The number of ketones is 1. The Morgan fingerprint density at radius 1 is 1.22 bits per heavy atom. The number of carbonyl (C=O) groups excluding carboxylic acids is 1. The second kappa shape index (κ2) is 10.1. The molecule has 1 aliphatic carbocycles. The van der Waals surface area contributed by atoms with Gasteiger partial charge < -0.3 is 5.11 Å². The van der Waals surface area contributed by atoms with E-state index >= 15 is 0 Å². The molecule has 1 fully saturated rings. The van der Waals surface area contributed by atoms with E-state index in [4.69, 9.17) is 0 Å². The molecule has 2 aromatic heterocycles. The summed E-state index contributed by atoms with van der Waals surface area (Å²) in [6.45, 7) is 0.